The Hall–Kier alpha value is -5.85. The zero-order valence-corrected chi connectivity index (χ0v) is 25.2. The van der Waals surface area contributed by atoms with Gasteiger partial charge >= 0.3 is 0 Å². The number of furan rings is 1. The first-order chi connectivity index (χ1) is 22.5. The summed E-state index contributed by atoms with van der Waals surface area (Å²) in [7, 11) is -3.74. The van der Waals surface area contributed by atoms with Gasteiger partial charge in [0.05, 0.1) is 21.2 Å². The van der Waals surface area contributed by atoms with E-state index in [1.54, 1.807) is 18.2 Å². The number of nitrogens with zero attached hydrogens (tertiary/aromatic N) is 2. The van der Waals surface area contributed by atoms with E-state index in [1.807, 2.05) is 115 Å². The van der Waals surface area contributed by atoms with Gasteiger partial charge in [-0.05, 0) is 47.5 Å². The van der Waals surface area contributed by atoms with Crippen molar-refractivity contribution in [3.05, 3.63) is 146 Å². The zero-order valence-electron chi connectivity index (χ0n) is 24.4. The number of benzene rings is 6. The molecule has 1 aliphatic rings. The fourth-order valence-corrected chi connectivity index (χ4v) is 8.19. The number of fused-ring (bicyclic) bond motifs is 6. The summed E-state index contributed by atoms with van der Waals surface area (Å²) in [4.78, 5) is 10.6. The van der Waals surface area contributed by atoms with Crippen LogP contribution in [0.2, 0.25) is 0 Å². The summed E-state index contributed by atoms with van der Waals surface area (Å²) < 4.78 is 34.1. The van der Waals surface area contributed by atoms with Crippen LogP contribution >= 0.6 is 0 Å². The third kappa shape index (κ3) is 4.11. The van der Waals surface area contributed by atoms with Crippen molar-refractivity contribution in [1.29, 1.82) is 0 Å². The van der Waals surface area contributed by atoms with E-state index < -0.39 is 9.84 Å². The van der Waals surface area contributed by atoms with Crippen LogP contribution in [0, 0.1) is 0 Å². The van der Waals surface area contributed by atoms with E-state index in [0.29, 0.717) is 33.2 Å². The van der Waals surface area contributed by atoms with Crippen molar-refractivity contribution in [3.63, 3.8) is 0 Å². The Bertz CT molecular complexity index is 2590. The van der Waals surface area contributed by atoms with Crippen molar-refractivity contribution in [2.24, 2.45) is 0 Å². The molecule has 0 saturated heterocycles. The van der Waals surface area contributed by atoms with Crippen molar-refractivity contribution < 1.29 is 12.8 Å². The highest BCUT2D eigenvalue weighted by atomic mass is 32.2. The van der Waals surface area contributed by atoms with Gasteiger partial charge in [-0.3, -0.25) is 0 Å². The SMILES string of the molecule is O=S1(=O)c2cc(-c3ccccc3)ccc2-c2c(-c3cc(-c4ccc5c(c4)oc4ccccc45)nc(-c4ccccc4)n3)cccc21. The number of aromatic nitrogens is 2. The molecule has 9 rings (SSSR count). The van der Waals surface area contributed by atoms with E-state index in [2.05, 4.69) is 12.1 Å². The first-order valence-electron chi connectivity index (χ1n) is 15.0. The molecule has 2 aromatic heterocycles. The highest BCUT2D eigenvalue weighted by molar-refractivity contribution is 7.92. The van der Waals surface area contributed by atoms with Crippen LogP contribution in [0.4, 0.5) is 0 Å². The molecule has 3 heterocycles. The second-order valence-electron chi connectivity index (χ2n) is 11.4. The van der Waals surface area contributed by atoms with Crippen molar-refractivity contribution >= 4 is 31.8 Å². The van der Waals surface area contributed by atoms with Crippen LogP contribution in [0.3, 0.4) is 0 Å². The summed E-state index contributed by atoms with van der Waals surface area (Å²) in [5, 5.41) is 2.10. The fraction of sp³-hybridized carbons (Fsp3) is 0. The van der Waals surface area contributed by atoms with Gasteiger partial charge in [0.25, 0.3) is 0 Å². The molecule has 0 radical (unpaired) electrons. The van der Waals surface area contributed by atoms with Crippen molar-refractivity contribution in [3.8, 4) is 56.2 Å². The van der Waals surface area contributed by atoms with Crippen LogP contribution in [0.25, 0.3) is 78.1 Å². The molecule has 0 saturated carbocycles. The van der Waals surface area contributed by atoms with Crippen LogP contribution in [-0.2, 0) is 9.84 Å². The molecule has 0 spiro atoms. The molecular weight excluding hydrogens is 589 g/mol. The third-order valence-electron chi connectivity index (χ3n) is 8.67. The Morgan fingerprint density at radius 1 is 0.457 bits per heavy atom. The summed E-state index contributed by atoms with van der Waals surface area (Å²) in [6.45, 7) is 0. The molecule has 0 atom stereocenters. The number of sulfone groups is 1. The fourth-order valence-electron chi connectivity index (χ4n) is 6.46. The van der Waals surface area contributed by atoms with Gasteiger partial charge in [0.2, 0.25) is 9.84 Å². The molecular formula is C40H24N2O3S. The largest absolute Gasteiger partial charge is 0.456 e. The first kappa shape index (κ1) is 26.5. The smallest absolute Gasteiger partial charge is 0.207 e. The van der Waals surface area contributed by atoms with Gasteiger partial charge in [-0.2, -0.15) is 0 Å². The molecule has 0 aliphatic carbocycles. The van der Waals surface area contributed by atoms with E-state index in [-0.39, 0.29) is 4.90 Å². The molecule has 46 heavy (non-hydrogen) atoms. The van der Waals surface area contributed by atoms with Gasteiger partial charge in [0.1, 0.15) is 11.2 Å². The molecule has 0 fully saturated rings. The molecule has 5 nitrogen and oxygen atoms in total. The predicted octanol–water partition coefficient (Wildman–Crippen LogP) is 9.86. The highest BCUT2D eigenvalue weighted by Gasteiger charge is 2.35. The Kier molecular flexibility index (Phi) is 5.82. The average molecular weight is 613 g/mol. The average Bonchev–Trinajstić information content (AvgIpc) is 3.60. The third-order valence-corrected chi connectivity index (χ3v) is 10.5. The second kappa shape index (κ2) is 10.1. The van der Waals surface area contributed by atoms with E-state index >= 15 is 0 Å². The van der Waals surface area contributed by atoms with Crippen LogP contribution in [0.15, 0.2) is 160 Å². The van der Waals surface area contributed by atoms with Gasteiger partial charge in [0, 0.05) is 38.6 Å². The summed E-state index contributed by atoms with van der Waals surface area (Å²) >= 11 is 0. The Labute approximate surface area is 265 Å². The summed E-state index contributed by atoms with van der Waals surface area (Å²) in [6, 6.07) is 46.8. The zero-order chi connectivity index (χ0) is 30.8. The molecule has 0 N–H and O–H groups in total. The molecule has 0 unspecified atom stereocenters. The molecule has 218 valence electrons. The first-order valence-corrected chi connectivity index (χ1v) is 16.5. The molecule has 6 heteroatoms. The quantitative estimate of drug-likeness (QED) is 0.198. The van der Waals surface area contributed by atoms with Gasteiger partial charge < -0.3 is 4.42 Å². The van der Waals surface area contributed by atoms with E-state index in [0.717, 1.165) is 49.8 Å². The number of para-hydroxylation sites is 1. The van der Waals surface area contributed by atoms with Gasteiger partial charge in [-0.1, -0.05) is 109 Å². The standard InChI is InChI=1S/C40H24N2O3S/c43-46(44)37-17-9-15-31(39(37)32-21-18-27(23-38(32)46)25-10-3-1-4-11-25)34-24-33(41-40(42-34)26-12-5-2-6-13-26)28-19-20-30-29-14-7-8-16-35(29)45-36(30)22-28/h1-24H. The number of hydrogen-bond acceptors (Lipinski definition) is 5. The molecule has 0 bridgehead atoms. The second-order valence-corrected chi connectivity index (χ2v) is 13.3. The summed E-state index contributed by atoms with van der Waals surface area (Å²) in [5.74, 6) is 0.552. The topological polar surface area (TPSA) is 73.1 Å². The maximum absolute atomic E-state index is 14.0. The predicted molar refractivity (Wildman–Crippen MR) is 182 cm³/mol. The van der Waals surface area contributed by atoms with Gasteiger partial charge in [0.15, 0.2) is 5.82 Å². The van der Waals surface area contributed by atoms with E-state index in [4.69, 9.17) is 14.4 Å². The molecule has 6 aromatic carbocycles. The van der Waals surface area contributed by atoms with Crippen LogP contribution in [0.1, 0.15) is 0 Å². The lowest BCUT2D eigenvalue weighted by Gasteiger charge is -2.12. The maximum atomic E-state index is 14.0. The minimum atomic E-state index is -3.74. The highest BCUT2D eigenvalue weighted by Crippen LogP contribution is 2.49. The van der Waals surface area contributed by atoms with Crippen LogP contribution < -0.4 is 0 Å². The minimum Gasteiger partial charge on any atom is -0.456 e. The van der Waals surface area contributed by atoms with Gasteiger partial charge in [-0.25, -0.2) is 18.4 Å². The van der Waals surface area contributed by atoms with E-state index in [9.17, 15) is 8.42 Å². The number of hydrogen-bond donors (Lipinski definition) is 0. The van der Waals surface area contributed by atoms with Crippen molar-refractivity contribution in [1.82, 2.24) is 9.97 Å². The lowest BCUT2D eigenvalue weighted by Crippen LogP contribution is -1.98. The van der Waals surface area contributed by atoms with Crippen LogP contribution in [-0.4, -0.2) is 18.4 Å². The summed E-state index contributed by atoms with van der Waals surface area (Å²) in [5.41, 5.74) is 8.59. The lowest BCUT2D eigenvalue weighted by molar-refractivity contribution is 0.598. The monoisotopic (exact) mass is 612 g/mol. The van der Waals surface area contributed by atoms with Gasteiger partial charge in [-0.15, -0.1) is 0 Å². The normalized spacial score (nSPS) is 13.1. The van der Waals surface area contributed by atoms with Crippen molar-refractivity contribution in [2.75, 3.05) is 0 Å². The lowest BCUT2D eigenvalue weighted by atomic mass is 9.95. The number of rotatable bonds is 4. The molecule has 8 aromatic rings. The Morgan fingerprint density at radius 3 is 1.98 bits per heavy atom. The summed E-state index contributed by atoms with van der Waals surface area (Å²) in [6.07, 6.45) is 0. The van der Waals surface area contributed by atoms with Crippen LogP contribution in [0.5, 0.6) is 0 Å². The Morgan fingerprint density at radius 2 is 1.15 bits per heavy atom. The van der Waals surface area contributed by atoms with E-state index in [1.165, 1.54) is 0 Å². The molecule has 0 amide bonds. The van der Waals surface area contributed by atoms with Crippen molar-refractivity contribution in [2.45, 2.75) is 9.79 Å². The Balaban J connectivity index is 1.25. The molecule has 1 aliphatic heterocycles. The maximum Gasteiger partial charge on any atom is 0.207 e. The minimum absolute atomic E-state index is 0.287.